The molecule has 1 saturated heterocycles. The Morgan fingerprint density at radius 1 is 1.16 bits per heavy atom. The molecule has 0 aliphatic carbocycles. The number of carbonyl (C=O) groups excluding carboxylic acids is 1. The molecule has 2 aliphatic rings. The largest absolute Gasteiger partial charge is 0.508 e. The maximum atomic E-state index is 13.3. The Morgan fingerprint density at radius 2 is 1.97 bits per heavy atom. The average molecular weight is 514 g/mol. The summed E-state index contributed by atoms with van der Waals surface area (Å²) in [5.41, 5.74) is 7.01. The molecule has 0 unspecified atom stereocenters. The molecule has 198 valence electrons. The van der Waals surface area contributed by atoms with Crippen molar-refractivity contribution in [2.75, 3.05) is 33.7 Å². The number of aromatic nitrogens is 4. The fraction of sp³-hybridized carbons (Fsp3) is 0.414. The number of nitrogens with one attached hydrogen (secondary N) is 2. The number of fused-ring (bicyclic) bond motifs is 2. The summed E-state index contributed by atoms with van der Waals surface area (Å²) in [5, 5.41) is 18.7. The first-order valence-corrected chi connectivity index (χ1v) is 13.4. The topological polar surface area (TPSA) is 104 Å². The first kappa shape index (κ1) is 24.6. The zero-order chi connectivity index (χ0) is 26.6. The molecule has 0 spiro atoms. The molecule has 4 heterocycles. The Hall–Kier alpha value is -3.69. The Morgan fingerprint density at radius 3 is 2.71 bits per heavy atom. The number of aryl methyl sites for hydroxylation is 1. The van der Waals surface area contributed by atoms with E-state index in [2.05, 4.69) is 71.1 Å². The first-order valence-electron chi connectivity index (χ1n) is 13.4. The predicted octanol–water partition coefficient (Wildman–Crippen LogP) is 3.41. The van der Waals surface area contributed by atoms with Crippen LogP contribution >= 0.6 is 0 Å². The standard InChI is InChI=1S/C29H35N7O2/c1-5-17-11-20(37)8-10-21(17)18-7-9-22-23(12-18)32-33-27(22)28-30-24-13-26(35(6-2)16-25(24)31-28)29(38)36-14-19(15-36)34(3)4/h7-12,19,26,37H,5-6,13-16H2,1-4H3,(H,30,31)(H,32,33)/t26-/m0/s1. The molecule has 0 saturated carbocycles. The number of aromatic amines is 2. The fourth-order valence-electron chi connectivity index (χ4n) is 5.75. The maximum Gasteiger partial charge on any atom is 0.240 e. The third-order valence-electron chi connectivity index (χ3n) is 8.22. The van der Waals surface area contributed by atoms with Crippen molar-refractivity contribution >= 4 is 16.8 Å². The number of carbonyl (C=O) groups is 1. The third-order valence-corrected chi connectivity index (χ3v) is 8.22. The van der Waals surface area contributed by atoms with E-state index in [9.17, 15) is 9.90 Å². The number of likely N-dealkylation sites (N-methyl/N-ethyl adjacent to an activating group) is 2. The first-order chi connectivity index (χ1) is 18.4. The van der Waals surface area contributed by atoms with Crippen LogP contribution in [0.15, 0.2) is 36.4 Å². The van der Waals surface area contributed by atoms with Gasteiger partial charge in [0.15, 0.2) is 5.82 Å². The molecule has 0 bridgehead atoms. The molecule has 2 aliphatic heterocycles. The van der Waals surface area contributed by atoms with Crippen LogP contribution in [0.1, 0.15) is 30.8 Å². The van der Waals surface area contributed by atoms with Crippen molar-refractivity contribution in [1.82, 2.24) is 34.9 Å². The van der Waals surface area contributed by atoms with Gasteiger partial charge in [-0.05, 0) is 68.0 Å². The molecule has 2 aromatic heterocycles. The van der Waals surface area contributed by atoms with Gasteiger partial charge < -0.3 is 19.9 Å². The van der Waals surface area contributed by atoms with Crippen molar-refractivity contribution in [3.8, 4) is 28.4 Å². The number of nitrogens with zero attached hydrogens (tertiary/aromatic N) is 5. The number of phenolic OH excluding ortho intramolecular Hbond substituents is 1. The van der Waals surface area contributed by atoms with Crippen LogP contribution in [-0.2, 0) is 24.2 Å². The summed E-state index contributed by atoms with van der Waals surface area (Å²) in [7, 11) is 4.14. The monoisotopic (exact) mass is 513 g/mol. The fourth-order valence-corrected chi connectivity index (χ4v) is 5.75. The molecule has 9 heteroatoms. The molecule has 3 N–H and O–H groups in total. The second-order valence-corrected chi connectivity index (χ2v) is 10.7. The molecule has 0 radical (unpaired) electrons. The van der Waals surface area contributed by atoms with Gasteiger partial charge in [-0.25, -0.2) is 4.98 Å². The van der Waals surface area contributed by atoms with Crippen LogP contribution in [0.2, 0.25) is 0 Å². The maximum absolute atomic E-state index is 13.3. The molecular formula is C29H35N7O2. The van der Waals surface area contributed by atoms with Crippen LogP contribution in [0.5, 0.6) is 5.75 Å². The van der Waals surface area contributed by atoms with E-state index in [1.807, 2.05) is 17.0 Å². The van der Waals surface area contributed by atoms with Crippen LogP contribution < -0.4 is 0 Å². The Bertz CT molecular complexity index is 1500. The van der Waals surface area contributed by atoms with Crippen LogP contribution in [0.25, 0.3) is 33.5 Å². The number of hydrogen-bond donors (Lipinski definition) is 3. The van der Waals surface area contributed by atoms with Gasteiger partial charge in [-0.15, -0.1) is 0 Å². The molecule has 38 heavy (non-hydrogen) atoms. The van der Waals surface area contributed by atoms with Gasteiger partial charge in [0.2, 0.25) is 5.91 Å². The summed E-state index contributed by atoms with van der Waals surface area (Å²) in [6, 6.07) is 12.1. The zero-order valence-electron chi connectivity index (χ0n) is 22.5. The lowest BCUT2D eigenvalue weighted by molar-refractivity contribution is -0.144. The van der Waals surface area contributed by atoms with Crippen LogP contribution in [0.4, 0.5) is 0 Å². The van der Waals surface area contributed by atoms with Gasteiger partial charge in [-0.3, -0.25) is 14.8 Å². The van der Waals surface area contributed by atoms with E-state index in [1.54, 1.807) is 6.07 Å². The minimum absolute atomic E-state index is 0.177. The van der Waals surface area contributed by atoms with Crippen molar-refractivity contribution < 1.29 is 9.90 Å². The number of amides is 1. The molecule has 1 amide bonds. The lowest BCUT2D eigenvalue weighted by Crippen LogP contribution is -2.63. The average Bonchev–Trinajstić information content (AvgIpc) is 3.49. The molecule has 1 fully saturated rings. The number of H-pyrrole nitrogens is 2. The van der Waals surface area contributed by atoms with Gasteiger partial charge >= 0.3 is 0 Å². The van der Waals surface area contributed by atoms with Gasteiger partial charge in [-0.2, -0.15) is 5.10 Å². The highest BCUT2D eigenvalue weighted by Gasteiger charge is 2.40. The quantitative estimate of drug-likeness (QED) is 0.365. The molecule has 1 atom stereocenters. The van der Waals surface area contributed by atoms with Crippen molar-refractivity contribution in [1.29, 1.82) is 0 Å². The highest BCUT2D eigenvalue weighted by molar-refractivity contribution is 5.94. The Balaban J connectivity index is 1.27. The molecule has 9 nitrogen and oxygen atoms in total. The number of rotatable bonds is 6. The number of benzene rings is 2. The Kier molecular flexibility index (Phi) is 6.20. The van der Waals surface area contributed by atoms with Gasteiger partial charge in [0, 0.05) is 37.5 Å². The second-order valence-electron chi connectivity index (χ2n) is 10.7. The summed E-state index contributed by atoms with van der Waals surface area (Å²) in [5.74, 6) is 1.22. The number of aromatic hydroxyl groups is 1. The second kappa shape index (κ2) is 9.56. The number of imidazole rings is 1. The summed E-state index contributed by atoms with van der Waals surface area (Å²) in [6.07, 6.45) is 1.44. The van der Waals surface area contributed by atoms with Crippen LogP contribution in [-0.4, -0.2) is 91.7 Å². The van der Waals surface area contributed by atoms with Gasteiger partial charge in [0.05, 0.1) is 22.9 Å². The molecule has 2 aromatic carbocycles. The van der Waals surface area contributed by atoms with Crippen molar-refractivity contribution in [3.05, 3.63) is 53.3 Å². The van der Waals surface area contributed by atoms with E-state index in [-0.39, 0.29) is 17.7 Å². The van der Waals surface area contributed by atoms with E-state index in [0.717, 1.165) is 76.6 Å². The summed E-state index contributed by atoms with van der Waals surface area (Å²) in [4.78, 5) is 28.2. The molecule has 6 rings (SSSR count). The predicted molar refractivity (Wildman–Crippen MR) is 148 cm³/mol. The van der Waals surface area contributed by atoms with Gasteiger partial charge in [0.25, 0.3) is 0 Å². The highest BCUT2D eigenvalue weighted by atomic mass is 16.3. The van der Waals surface area contributed by atoms with E-state index in [1.165, 1.54) is 0 Å². The van der Waals surface area contributed by atoms with Crippen LogP contribution in [0, 0.1) is 0 Å². The normalized spacial score (nSPS) is 18.2. The summed E-state index contributed by atoms with van der Waals surface area (Å²) in [6.45, 7) is 7.27. The van der Waals surface area contributed by atoms with Crippen molar-refractivity contribution in [2.24, 2.45) is 0 Å². The third kappa shape index (κ3) is 4.16. The highest BCUT2D eigenvalue weighted by Crippen LogP contribution is 2.33. The lowest BCUT2D eigenvalue weighted by Gasteiger charge is -2.46. The van der Waals surface area contributed by atoms with Gasteiger partial charge in [0.1, 0.15) is 11.4 Å². The summed E-state index contributed by atoms with van der Waals surface area (Å²) >= 11 is 0. The zero-order valence-corrected chi connectivity index (χ0v) is 22.5. The number of phenols is 1. The smallest absolute Gasteiger partial charge is 0.240 e. The number of hydrogen-bond acceptors (Lipinski definition) is 6. The van der Waals surface area contributed by atoms with E-state index in [0.29, 0.717) is 19.0 Å². The van der Waals surface area contributed by atoms with E-state index < -0.39 is 0 Å². The molecular weight excluding hydrogens is 478 g/mol. The number of likely N-dealkylation sites (tertiary alicyclic amines) is 1. The van der Waals surface area contributed by atoms with Crippen molar-refractivity contribution in [3.63, 3.8) is 0 Å². The minimum Gasteiger partial charge on any atom is -0.508 e. The lowest BCUT2D eigenvalue weighted by atomic mass is 9.97. The van der Waals surface area contributed by atoms with E-state index in [4.69, 9.17) is 4.98 Å². The SMILES string of the molecule is CCc1cc(O)ccc1-c1ccc2c(-c3nc4c([nH]3)CN(CC)[C@H](C(=O)N3CC(N(C)C)C3)C4)n[nH]c2c1. The molecule has 4 aromatic rings. The van der Waals surface area contributed by atoms with E-state index >= 15 is 0 Å². The van der Waals surface area contributed by atoms with Crippen molar-refractivity contribution in [2.45, 2.75) is 45.3 Å². The Labute approximate surface area is 222 Å². The summed E-state index contributed by atoms with van der Waals surface area (Å²) < 4.78 is 0. The van der Waals surface area contributed by atoms with Gasteiger partial charge in [-0.1, -0.05) is 26.0 Å². The minimum atomic E-state index is -0.177. The van der Waals surface area contributed by atoms with Crippen LogP contribution in [0.3, 0.4) is 0 Å².